The van der Waals surface area contributed by atoms with Crippen LogP contribution in [-0.2, 0) is 6.61 Å². The molecule has 5 nitrogen and oxygen atoms in total. The zero-order chi connectivity index (χ0) is 26.3. The molecule has 0 saturated carbocycles. The van der Waals surface area contributed by atoms with Crippen molar-refractivity contribution in [1.29, 1.82) is 0 Å². The summed E-state index contributed by atoms with van der Waals surface area (Å²) in [6.07, 6.45) is -4.80. The molecule has 1 heterocycles. The minimum Gasteiger partial charge on any atom is -0.483 e. The van der Waals surface area contributed by atoms with Crippen molar-refractivity contribution in [3.05, 3.63) is 76.2 Å². The van der Waals surface area contributed by atoms with E-state index in [2.05, 4.69) is 15.0 Å². The maximum Gasteiger partial charge on any atom is 0.422 e. The molecule has 3 aromatic rings. The zero-order valence-corrected chi connectivity index (χ0v) is 19.1. The molecular weight excluding hydrogens is 502 g/mol. The number of para-hydroxylation sites is 1. The predicted molar refractivity (Wildman–Crippen MR) is 118 cm³/mol. The van der Waals surface area contributed by atoms with E-state index in [0.717, 1.165) is 24.3 Å². The van der Waals surface area contributed by atoms with Crippen LogP contribution in [-0.4, -0.2) is 28.8 Å². The molecular formula is C23H19ClF6N2O3. The first-order valence-electron chi connectivity index (χ1n) is 10.0. The van der Waals surface area contributed by atoms with E-state index in [9.17, 15) is 31.1 Å². The lowest BCUT2D eigenvalue weighted by atomic mass is 10.0. The second-order valence-corrected chi connectivity index (χ2v) is 6.97. The fourth-order valence-corrected chi connectivity index (χ4v) is 2.96. The van der Waals surface area contributed by atoms with E-state index in [1.807, 2.05) is 13.8 Å². The fraction of sp³-hybridized carbons (Fsp3) is 0.217. The number of nitrogens with one attached hydrogen (secondary N) is 1. The van der Waals surface area contributed by atoms with Crippen molar-refractivity contribution in [2.45, 2.75) is 26.6 Å². The molecule has 0 atom stereocenters. The summed E-state index contributed by atoms with van der Waals surface area (Å²) in [5.74, 6) is -4.84. The number of hydrogen-bond acceptors (Lipinski definition) is 4. The lowest BCUT2D eigenvalue weighted by molar-refractivity contribution is -0.153. The highest BCUT2D eigenvalue weighted by Gasteiger charge is 2.30. The third kappa shape index (κ3) is 7.09. The van der Waals surface area contributed by atoms with Crippen molar-refractivity contribution in [1.82, 2.24) is 4.98 Å². The van der Waals surface area contributed by atoms with Gasteiger partial charge in [-0.3, -0.25) is 4.79 Å². The Bertz CT molecular complexity index is 1180. The van der Waals surface area contributed by atoms with Crippen LogP contribution < -0.4 is 10.1 Å². The topological polar surface area (TPSA) is 71.5 Å². The number of anilines is 1. The molecule has 0 radical (unpaired) electrons. The van der Waals surface area contributed by atoms with Gasteiger partial charge < -0.3 is 15.2 Å². The standard InChI is InChI=1S/C21H13ClF6N2O3.C2H6/c22-12-2-1-3-14(24)19(12)30-20(32)11-6-15(25)10(7-18(11)33-9-21(26,27)28)16-5-4-13(23)17(8-31)29-16;1-2/h1-7,31H,8-9H2,(H,30,32);1-2H3. The van der Waals surface area contributed by atoms with Crippen LogP contribution in [0.5, 0.6) is 5.75 Å². The summed E-state index contributed by atoms with van der Waals surface area (Å²) < 4.78 is 85.3. The SMILES string of the molecule is CC.O=C(Nc1c(F)cccc1Cl)c1cc(F)c(-c2ccc(F)c(CO)n2)cc1OCC(F)(F)F. The largest absolute Gasteiger partial charge is 0.483 e. The molecule has 0 unspecified atom stereocenters. The Labute approximate surface area is 201 Å². The number of nitrogens with zero attached hydrogens (tertiary/aromatic N) is 1. The molecule has 2 aromatic carbocycles. The first kappa shape index (κ1) is 27.9. The molecule has 0 fully saturated rings. The number of carbonyl (C=O) groups is 1. The Kier molecular flexibility index (Phi) is 9.49. The number of aliphatic hydroxyl groups is 1. The van der Waals surface area contributed by atoms with Gasteiger partial charge in [0.25, 0.3) is 5.91 Å². The van der Waals surface area contributed by atoms with E-state index >= 15 is 0 Å². The molecule has 3 rings (SSSR count). The summed E-state index contributed by atoms with van der Waals surface area (Å²) in [4.78, 5) is 16.4. The quantitative estimate of drug-likeness (QED) is 0.362. The van der Waals surface area contributed by atoms with Crippen LogP contribution >= 0.6 is 11.6 Å². The number of amides is 1. The van der Waals surface area contributed by atoms with E-state index < -0.39 is 71.0 Å². The van der Waals surface area contributed by atoms with Crippen molar-refractivity contribution in [3.63, 3.8) is 0 Å². The number of alkyl halides is 3. The summed E-state index contributed by atoms with van der Waals surface area (Å²) in [5, 5.41) is 11.0. The molecule has 0 saturated heterocycles. The van der Waals surface area contributed by atoms with Crippen molar-refractivity contribution < 1.29 is 41.0 Å². The van der Waals surface area contributed by atoms with Crippen molar-refractivity contribution in [2.75, 3.05) is 11.9 Å². The first-order chi connectivity index (χ1) is 16.5. The number of aromatic nitrogens is 1. The molecule has 0 aliphatic carbocycles. The van der Waals surface area contributed by atoms with Crippen LogP contribution in [0.15, 0.2) is 42.5 Å². The summed E-state index contributed by atoms with van der Waals surface area (Å²) >= 11 is 5.83. The maximum absolute atomic E-state index is 14.8. The average Bonchev–Trinajstić information content (AvgIpc) is 2.81. The highest BCUT2D eigenvalue weighted by atomic mass is 35.5. The highest BCUT2D eigenvalue weighted by molar-refractivity contribution is 6.34. The molecule has 188 valence electrons. The Morgan fingerprint density at radius 3 is 2.34 bits per heavy atom. The number of aliphatic hydroxyl groups excluding tert-OH is 1. The van der Waals surface area contributed by atoms with Gasteiger partial charge in [-0.2, -0.15) is 13.2 Å². The molecule has 0 aliphatic heterocycles. The summed E-state index contributed by atoms with van der Waals surface area (Å²) in [6.45, 7) is 1.36. The number of halogens is 7. The number of benzene rings is 2. The van der Waals surface area contributed by atoms with E-state index in [4.69, 9.17) is 16.7 Å². The van der Waals surface area contributed by atoms with Gasteiger partial charge in [0.2, 0.25) is 0 Å². The van der Waals surface area contributed by atoms with Crippen molar-refractivity contribution in [3.8, 4) is 17.0 Å². The minimum atomic E-state index is -4.80. The molecule has 35 heavy (non-hydrogen) atoms. The van der Waals surface area contributed by atoms with Crippen LogP contribution in [0.1, 0.15) is 29.9 Å². The smallest absolute Gasteiger partial charge is 0.422 e. The second kappa shape index (κ2) is 11.9. The molecule has 0 aliphatic rings. The number of carbonyl (C=O) groups excluding carboxylic acids is 1. The van der Waals surface area contributed by atoms with Crippen molar-refractivity contribution >= 4 is 23.2 Å². The highest BCUT2D eigenvalue weighted by Crippen LogP contribution is 2.33. The van der Waals surface area contributed by atoms with Gasteiger partial charge in [0.1, 0.15) is 28.9 Å². The lowest BCUT2D eigenvalue weighted by Gasteiger charge is -2.16. The van der Waals surface area contributed by atoms with E-state index in [-0.39, 0.29) is 10.7 Å². The summed E-state index contributed by atoms with van der Waals surface area (Å²) in [7, 11) is 0. The molecule has 1 aromatic heterocycles. The normalized spacial score (nSPS) is 10.9. The Morgan fingerprint density at radius 2 is 1.74 bits per heavy atom. The van der Waals surface area contributed by atoms with Gasteiger partial charge in [-0.1, -0.05) is 31.5 Å². The first-order valence-corrected chi connectivity index (χ1v) is 10.4. The third-order valence-electron chi connectivity index (χ3n) is 4.25. The molecule has 2 N–H and O–H groups in total. The number of ether oxygens (including phenoxy) is 1. The van der Waals surface area contributed by atoms with Crippen LogP contribution in [0.3, 0.4) is 0 Å². The minimum absolute atomic E-state index is 0.203. The Balaban J connectivity index is 0.00000210. The van der Waals surface area contributed by atoms with Gasteiger partial charge in [-0.05, 0) is 36.4 Å². The molecule has 0 bridgehead atoms. The van der Waals surface area contributed by atoms with Gasteiger partial charge in [0, 0.05) is 5.56 Å². The predicted octanol–water partition coefficient (Wildman–Crippen LogP) is 6.53. The zero-order valence-electron chi connectivity index (χ0n) is 18.3. The van der Waals surface area contributed by atoms with Gasteiger partial charge in [-0.15, -0.1) is 0 Å². The van der Waals surface area contributed by atoms with E-state index in [1.165, 1.54) is 12.1 Å². The summed E-state index contributed by atoms with van der Waals surface area (Å²) in [5.41, 5.74) is -2.26. The van der Waals surface area contributed by atoms with Crippen LogP contribution in [0.25, 0.3) is 11.3 Å². The molecule has 12 heteroatoms. The van der Waals surface area contributed by atoms with Gasteiger partial charge in [0.15, 0.2) is 6.61 Å². The van der Waals surface area contributed by atoms with Crippen LogP contribution in [0.4, 0.5) is 32.0 Å². The molecule has 0 spiro atoms. The number of hydrogen-bond donors (Lipinski definition) is 2. The van der Waals surface area contributed by atoms with E-state index in [0.29, 0.717) is 6.07 Å². The maximum atomic E-state index is 14.8. The van der Waals surface area contributed by atoms with Crippen LogP contribution in [0.2, 0.25) is 5.02 Å². The Morgan fingerprint density at radius 1 is 1.06 bits per heavy atom. The van der Waals surface area contributed by atoms with Crippen molar-refractivity contribution in [2.24, 2.45) is 0 Å². The average molecular weight is 521 g/mol. The molecule has 1 amide bonds. The summed E-state index contributed by atoms with van der Waals surface area (Å²) in [6, 6.07) is 6.73. The lowest BCUT2D eigenvalue weighted by Crippen LogP contribution is -2.22. The number of rotatable bonds is 6. The third-order valence-corrected chi connectivity index (χ3v) is 4.57. The number of pyridine rings is 1. The van der Waals surface area contributed by atoms with E-state index in [1.54, 1.807) is 0 Å². The van der Waals surface area contributed by atoms with Gasteiger partial charge in [0.05, 0.1) is 28.6 Å². The Hall–Kier alpha value is -3.31. The van der Waals surface area contributed by atoms with Crippen LogP contribution in [0, 0.1) is 17.5 Å². The monoisotopic (exact) mass is 520 g/mol. The van der Waals surface area contributed by atoms with Gasteiger partial charge in [-0.25, -0.2) is 18.2 Å². The fourth-order valence-electron chi connectivity index (χ4n) is 2.75. The van der Waals surface area contributed by atoms with Gasteiger partial charge >= 0.3 is 6.18 Å². The second-order valence-electron chi connectivity index (χ2n) is 6.57.